The van der Waals surface area contributed by atoms with Crippen LogP contribution in [-0.4, -0.2) is 28.8 Å². The fraction of sp³-hybridized carbons (Fsp3) is 0.457. The molecule has 0 spiro atoms. The number of benzene rings is 1. The molecule has 2 nitrogen and oxygen atoms in total. The van der Waals surface area contributed by atoms with E-state index in [1.807, 2.05) is 6.92 Å². The van der Waals surface area contributed by atoms with E-state index < -0.39 is 0 Å². The van der Waals surface area contributed by atoms with Gasteiger partial charge in [0.1, 0.15) is 0 Å². The van der Waals surface area contributed by atoms with E-state index in [9.17, 15) is 0 Å². The SMILES string of the molecule is CC#CCC1(C)C2=C(C=CC3C=CC=CC23)N(C)/C1=C/C1=[N+](CC2CCCC2)c2ccccc2C1(C)C. The third kappa shape index (κ3) is 3.73. The Morgan fingerprint density at radius 1 is 1.05 bits per heavy atom. The summed E-state index contributed by atoms with van der Waals surface area (Å²) in [6, 6.07) is 9.11. The van der Waals surface area contributed by atoms with E-state index >= 15 is 0 Å². The predicted octanol–water partition coefficient (Wildman–Crippen LogP) is 7.68. The zero-order chi connectivity index (χ0) is 25.8. The van der Waals surface area contributed by atoms with Gasteiger partial charge in [-0.1, -0.05) is 61.4 Å². The van der Waals surface area contributed by atoms with Crippen molar-refractivity contribution in [3.63, 3.8) is 0 Å². The lowest BCUT2D eigenvalue weighted by Crippen LogP contribution is -2.33. The molecule has 3 atom stereocenters. The van der Waals surface area contributed by atoms with Gasteiger partial charge in [0, 0.05) is 65.7 Å². The fourth-order valence-corrected chi connectivity index (χ4v) is 7.73. The number of fused-ring (bicyclic) bond motifs is 3. The van der Waals surface area contributed by atoms with Crippen LogP contribution in [-0.2, 0) is 5.41 Å². The Morgan fingerprint density at radius 2 is 1.81 bits per heavy atom. The zero-order valence-electron chi connectivity index (χ0n) is 23.2. The highest BCUT2D eigenvalue weighted by molar-refractivity contribution is 6.03. The maximum absolute atomic E-state index is 3.50. The molecule has 1 aromatic rings. The molecule has 1 fully saturated rings. The second kappa shape index (κ2) is 9.05. The van der Waals surface area contributed by atoms with Crippen LogP contribution in [0.2, 0.25) is 0 Å². The first-order valence-electron chi connectivity index (χ1n) is 14.2. The summed E-state index contributed by atoms with van der Waals surface area (Å²) < 4.78 is 2.68. The van der Waals surface area contributed by atoms with Crippen molar-refractivity contribution in [3.05, 3.63) is 89.3 Å². The lowest BCUT2D eigenvalue weighted by atomic mass is 9.66. The fourth-order valence-electron chi connectivity index (χ4n) is 7.73. The largest absolute Gasteiger partial charge is 0.347 e. The van der Waals surface area contributed by atoms with E-state index in [0.29, 0.717) is 11.8 Å². The lowest BCUT2D eigenvalue weighted by molar-refractivity contribution is -0.446. The highest BCUT2D eigenvalue weighted by Crippen LogP contribution is 2.56. The summed E-state index contributed by atoms with van der Waals surface area (Å²) in [5.74, 6) is 8.33. The smallest absolute Gasteiger partial charge is 0.209 e. The molecule has 2 aliphatic heterocycles. The molecule has 2 heterocycles. The standard InChI is InChI=1S/C35H41N2/c1-6-7-22-35(4)32(36(5)30-21-20-26-16-10-11-17-27(26)33(30)35)23-31-34(2,3)28-18-12-13-19-29(28)37(31)24-25-14-8-9-15-25/h10-13,16-21,23,25-27H,8-9,14-15,22,24H2,1-5H3/q+1. The third-order valence-electron chi connectivity index (χ3n) is 9.75. The highest BCUT2D eigenvalue weighted by Gasteiger charge is 2.51. The van der Waals surface area contributed by atoms with Crippen LogP contribution in [0, 0.1) is 35.0 Å². The molecule has 0 amide bonds. The van der Waals surface area contributed by atoms with Crippen LogP contribution in [0.1, 0.15) is 65.4 Å². The minimum Gasteiger partial charge on any atom is -0.347 e. The number of allylic oxidation sites excluding steroid dienone is 8. The highest BCUT2D eigenvalue weighted by atomic mass is 15.2. The van der Waals surface area contributed by atoms with Crippen LogP contribution < -0.4 is 0 Å². The van der Waals surface area contributed by atoms with Gasteiger partial charge < -0.3 is 4.90 Å². The van der Waals surface area contributed by atoms with Crippen molar-refractivity contribution in [2.75, 3.05) is 13.6 Å². The summed E-state index contributed by atoms with van der Waals surface area (Å²) in [5, 5.41) is 0. The summed E-state index contributed by atoms with van der Waals surface area (Å²) in [6.07, 6.45) is 22.8. The molecule has 5 aliphatic rings. The minimum absolute atomic E-state index is 0.0463. The van der Waals surface area contributed by atoms with E-state index in [0.717, 1.165) is 18.9 Å². The average molecular weight is 490 g/mol. The van der Waals surface area contributed by atoms with Crippen LogP contribution >= 0.6 is 0 Å². The van der Waals surface area contributed by atoms with Crippen molar-refractivity contribution in [3.8, 4) is 11.8 Å². The Bertz CT molecular complexity index is 1360. The van der Waals surface area contributed by atoms with Crippen molar-refractivity contribution in [1.29, 1.82) is 0 Å². The molecule has 2 heteroatoms. The molecular formula is C35H41N2+. The Hall–Kier alpha value is -3.05. The molecule has 0 radical (unpaired) electrons. The van der Waals surface area contributed by atoms with Gasteiger partial charge in [-0.15, -0.1) is 11.8 Å². The van der Waals surface area contributed by atoms with Crippen LogP contribution in [0.25, 0.3) is 0 Å². The third-order valence-corrected chi connectivity index (χ3v) is 9.75. The van der Waals surface area contributed by atoms with Crippen molar-refractivity contribution >= 4 is 11.4 Å². The Balaban J connectivity index is 1.52. The van der Waals surface area contributed by atoms with Crippen LogP contribution in [0.4, 0.5) is 5.69 Å². The van der Waals surface area contributed by atoms with Gasteiger partial charge in [-0.25, -0.2) is 0 Å². The molecule has 0 bridgehead atoms. The Labute approximate surface area is 223 Å². The monoisotopic (exact) mass is 489 g/mol. The van der Waals surface area contributed by atoms with E-state index in [1.165, 1.54) is 59.6 Å². The Morgan fingerprint density at radius 3 is 2.59 bits per heavy atom. The lowest BCUT2D eigenvalue weighted by Gasteiger charge is -2.35. The molecule has 0 saturated heterocycles. The number of rotatable bonds is 4. The van der Waals surface area contributed by atoms with Crippen LogP contribution in [0.5, 0.6) is 0 Å². The predicted molar refractivity (Wildman–Crippen MR) is 155 cm³/mol. The number of hydrogen-bond acceptors (Lipinski definition) is 1. The molecule has 3 aliphatic carbocycles. The molecular weight excluding hydrogens is 448 g/mol. The number of hydrogen-bond donors (Lipinski definition) is 0. The van der Waals surface area contributed by atoms with E-state index in [2.05, 4.69) is 116 Å². The van der Waals surface area contributed by atoms with E-state index in [4.69, 9.17) is 0 Å². The number of nitrogens with zero attached hydrogens (tertiary/aromatic N) is 2. The molecule has 1 saturated carbocycles. The summed E-state index contributed by atoms with van der Waals surface area (Å²) >= 11 is 0. The molecule has 190 valence electrons. The van der Waals surface area contributed by atoms with Crippen molar-refractivity contribution in [2.45, 2.75) is 65.2 Å². The van der Waals surface area contributed by atoms with Gasteiger partial charge in [-0.05, 0) is 52.2 Å². The molecule has 37 heavy (non-hydrogen) atoms. The number of para-hydroxylation sites is 1. The second-order valence-corrected chi connectivity index (χ2v) is 12.3. The van der Waals surface area contributed by atoms with Crippen molar-refractivity contribution in [2.24, 2.45) is 23.2 Å². The van der Waals surface area contributed by atoms with Crippen LogP contribution in [0.3, 0.4) is 0 Å². The minimum atomic E-state index is -0.132. The molecule has 6 rings (SSSR count). The van der Waals surface area contributed by atoms with Gasteiger partial charge in [0.25, 0.3) is 0 Å². The topological polar surface area (TPSA) is 6.25 Å². The second-order valence-electron chi connectivity index (χ2n) is 12.3. The summed E-state index contributed by atoms with van der Waals surface area (Å²) in [6.45, 7) is 10.4. The molecule has 0 aromatic heterocycles. The summed E-state index contributed by atoms with van der Waals surface area (Å²) in [5.41, 5.74) is 8.41. The Kier molecular flexibility index (Phi) is 5.95. The van der Waals surface area contributed by atoms with Crippen LogP contribution in [0.15, 0.2) is 83.8 Å². The summed E-state index contributed by atoms with van der Waals surface area (Å²) in [7, 11) is 2.27. The van der Waals surface area contributed by atoms with Gasteiger partial charge >= 0.3 is 0 Å². The van der Waals surface area contributed by atoms with Crippen molar-refractivity contribution in [1.82, 2.24) is 4.90 Å². The normalized spacial score (nSPS) is 30.6. The zero-order valence-corrected chi connectivity index (χ0v) is 23.2. The quantitative estimate of drug-likeness (QED) is 0.310. The maximum Gasteiger partial charge on any atom is 0.209 e. The van der Waals surface area contributed by atoms with Crippen molar-refractivity contribution < 1.29 is 4.58 Å². The van der Waals surface area contributed by atoms with Gasteiger partial charge in [0.2, 0.25) is 5.69 Å². The average Bonchev–Trinajstić information content (AvgIpc) is 3.55. The first-order chi connectivity index (χ1) is 17.9. The first kappa shape index (κ1) is 24.3. The first-order valence-corrected chi connectivity index (χ1v) is 14.2. The van der Waals surface area contributed by atoms with E-state index in [1.54, 1.807) is 0 Å². The van der Waals surface area contributed by atoms with Gasteiger partial charge in [-0.3, -0.25) is 0 Å². The van der Waals surface area contributed by atoms with E-state index in [-0.39, 0.29) is 10.8 Å². The van der Waals surface area contributed by atoms with Gasteiger partial charge in [0.15, 0.2) is 12.3 Å². The van der Waals surface area contributed by atoms with Gasteiger partial charge in [-0.2, -0.15) is 4.58 Å². The molecule has 0 N–H and O–H groups in total. The molecule has 1 aromatic carbocycles. The van der Waals surface area contributed by atoms with Gasteiger partial charge in [0.05, 0.1) is 5.41 Å². The summed E-state index contributed by atoms with van der Waals surface area (Å²) in [4.78, 5) is 2.48. The maximum atomic E-state index is 3.50. The number of likely N-dealkylation sites (N-methyl/N-ethyl adjacent to an activating group) is 1. The molecule has 3 unspecified atom stereocenters.